The zero-order chi connectivity index (χ0) is 17.0. The Balaban J connectivity index is 2.35. The predicted octanol–water partition coefficient (Wildman–Crippen LogP) is 3.87. The Morgan fingerprint density at radius 3 is 2.39 bits per heavy atom. The van der Waals surface area contributed by atoms with Crippen molar-refractivity contribution in [2.75, 3.05) is 17.7 Å². The van der Waals surface area contributed by atoms with Crippen molar-refractivity contribution in [1.82, 2.24) is 0 Å². The van der Waals surface area contributed by atoms with Gasteiger partial charge in [0.25, 0.3) is 5.91 Å². The number of methoxy groups -OCH3 is 1. The van der Waals surface area contributed by atoms with Crippen LogP contribution in [0.1, 0.15) is 22.8 Å². The minimum Gasteiger partial charge on any atom is -0.496 e. The number of carbonyl (C=O) groups excluding carboxylic acids is 2. The van der Waals surface area contributed by atoms with Crippen LogP contribution in [0.15, 0.2) is 36.4 Å². The second-order valence-corrected chi connectivity index (χ2v) is 5.39. The van der Waals surface area contributed by atoms with Gasteiger partial charge >= 0.3 is 0 Å². The molecule has 23 heavy (non-hydrogen) atoms. The number of amides is 2. The van der Waals surface area contributed by atoms with Gasteiger partial charge < -0.3 is 15.4 Å². The summed E-state index contributed by atoms with van der Waals surface area (Å²) in [7, 11) is 1.45. The second kappa shape index (κ2) is 7.15. The lowest BCUT2D eigenvalue weighted by Crippen LogP contribution is -2.15. The maximum Gasteiger partial charge on any atom is 0.259 e. The van der Waals surface area contributed by atoms with Crippen LogP contribution in [-0.2, 0) is 4.79 Å². The standard InChI is InChI=1S/C17H17ClN2O3/c1-10-6-4-5-7-14(10)20-17(22)12-8-13(18)15(19-11(2)21)9-16(12)23-3/h4-9H,1-3H3,(H,19,21)(H,20,22). The first-order chi connectivity index (χ1) is 10.9. The van der Waals surface area contributed by atoms with Crippen LogP contribution in [0.2, 0.25) is 5.02 Å². The molecule has 0 aliphatic heterocycles. The van der Waals surface area contributed by atoms with Gasteiger partial charge in [-0.3, -0.25) is 9.59 Å². The highest BCUT2D eigenvalue weighted by atomic mass is 35.5. The zero-order valence-electron chi connectivity index (χ0n) is 13.1. The van der Waals surface area contributed by atoms with Crippen LogP contribution in [0.4, 0.5) is 11.4 Å². The summed E-state index contributed by atoms with van der Waals surface area (Å²) in [4.78, 5) is 23.7. The van der Waals surface area contributed by atoms with Gasteiger partial charge in [0.1, 0.15) is 5.75 Å². The lowest BCUT2D eigenvalue weighted by atomic mass is 10.1. The van der Waals surface area contributed by atoms with Gasteiger partial charge in [-0.15, -0.1) is 0 Å². The van der Waals surface area contributed by atoms with Gasteiger partial charge in [-0.25, -0.2) is 0 Å². The molecule has 6 heteroatoms. The van der Waals surface area contributed by atoms with Gasteiger partial charge in [0.2, 0.25) is 5.91 Å². The van der Waals surface area contributed by atoms with Crippen LogP contribution in [0.3, 0.4) is 0 Å². The summed E-state index contributed by atoms with van der Waals surface area (Å²) in [5, 5.41) is 5.67. The fourth-order valence-electron chi connectivity index (χ4n) is 2.09. The molecule has 0 saturated carbocycles. The van der Waals surface area contributed by atoms with E-state index in [2.05, 4.69) is 10.6 Å². The Morgan fingerprint density at radius 1 is 1.09 bits per heavy atom. The summed E-state index contributed by atoms with van der Waals surface area (Å²) in [6, 6.07) is 10.4. The van der Waals surface area contributed by atoms with Crippen molar-refractivity contribution in [2.45, 2.75) is 13.8 Å². The van der Waals surface area contributed by atoms with E-state index in [9.17, 15) is 9.59 Å². The number of hydrogen-bond acceptors (Lipinski definition) is 3. The van der Waals surface area contributed by atoms with E-state index in [0.29, 0.717) is 17.1 Å². The van der Waals surface area contributed by atoms with Gasteiger partial charge in [0.15, 0.2) is 0 Å². The predicted molar refractivity (Wildman–Crippen MR) is 91.4 cm³/mol. The van der Waals surface area contributed by atoms with Crippen LogP contribution in [0.25, 0.3) is 0 Å². The number of hydrogen-bond donors (Lipinski definition) is 2. The Morgan fingerprint density at radius 2 is 1.78 bits per heavy atom. The molecule has 0 aliphatic rings. The molecule has 2 rings (SSSR count). The molecule has 0 spiro atoms. The summed E-state index contributed by atoms with van der Waals surface area (Å²) in [5.41, 5.74) is 2.33. The van der Waals surface area contributed by atoms with E-state index in [0.717, 1.165) is 5.56 Å². The van der Waals surface area contributed by atoms with E-state index >= 15 is 0 Å². The topological polar surface area (TPSA) is 67.4 Å². The first kappa shape index (κ1) is 16.8. The summed E-state index contributed by atoms with van der Waals surface area (Å²) in [6.07, 6.45) is 0. The number of aryl methyl sites for hydroxylation is 1. The number of para-hydroxylation sites is 1. The summed E-state index contributed by atoms with van der Waals surface area (Å²) >= 11 is 6.13. The van der Waals surface area contributed by atoms with Crippen LogP contribution >= 0.6 is 11.6 Å². The molecule has 2 N–H and O–H groups in total. The second-order valence-electron chi connectivity index (χ2n) is 4.98. The molecule has 2 aromatic carbocycles. The minimum absolute atomic E-state index is 0.258. The first-order valence-corrected chi connectivity index (χ1v) is 7.32. The molecular weight excluding hydrogens is 316 g/mol. The van der Waals surface area contributed by atoms with Crippen molar-refractivity contribution in [3.63, 3.8) is 0 Å². The largest absolute Gasteiger partial charge is 0.496 e. The highest BCUT2D eigenvalue weighted by molar-refractivity contribution is 6.34. The number of nitrogens with one attached hydrogen (secondary N) is 2. The third-order valence-electron chi connectivity index (χ3n) is 3.24. The van der Waals surface area contributed by atoms with Gasteiger partial charge in [-0.05, 0) is 24.6 Å². The fraction of sp³-hybridized carbons (Fsp3) is 0.176. The molecular formula is C17H17ClN2O3. The van der Waals surface area contributed by atoms with Crippen LogP contribution in [0, 0.1) is 6.92 Å². The van der Waals surface area contributed by atoms with Crippen molar-refractivity contribution in [1.29, 1.82) is 0 Å². The van der Waals surface area contributed by atoms with E-state index in [-0.39, 0.29) is 22.4 Å². The SMILES string of the molecule is COc1cc(NC(C)=O)c(Cl)cc1C(=O)Nc1ccccc1C. The molecule has 0 radical (unpaired) electrons. The Bertz CT molecular complexity index is 759. The number of ether oxygens (including phenoxy) is 1. The minimum atomic E-state index is -0.340. The molecule has 0 saturated heterocycles. The molecule has 0 atom stereocenters. The first-order valence-electron chi connectivity index (χ1n) is 6.94. The third-order valence-corrected chi connectivity index (χ3v) is 3.55. The quantitative estimate of drug-likeness (QED) is 0.893. The molecule has 120 valence electrons. The number of benzene rings is 2. The zero-order valence-corrected chi connectivity index (χ0v) is 13.8. The fourth-order valence-corrected chi connectivity index (χ4v) is 2.30. The Labute approximate surface area is 139 Å². The van der Waals surface area contributed by atoms with Crippen LogP contribution in [0.5, 0.6) is 5.75 Å². The Kier molecular flexibility index (Phi) is 5.24. The number of carbonyl (C=O) groups is 2. The van der Waals surface area contributed by atoms with Crippen molar-refractivity contribution in [3.05, 3.63) is 52.5 Å². The summed E-state index contributed by atoms with van der Waals surface area (Å²) in [5.74, 6) is -0.275. The van der Waals surface area contributed by atoms with E-state index in [1.54, 1.807) is 0 Å². The average molecular weight is 333 g/mol. The van der Waals surface area contributed by atoms with Crippen molar-refractivity contribution in [2.24, 2.45) is 0 Å². The summed E-state index contributed by atoms with van der Waals surface area (Å²) in [6.45, 7) is 3.28. The van der Waals surface area contributed by atoms with Gasteiger partial charge in [-0.1, -0.05) is 29.8 Å². The maximum absolute atomic E-state index is 12.5. The molecule has 0 heterocycles. The van der Waals surface area contributed by atoms with E-state index < -0.39 is 0 Å². The number of rotatable bonds is 4. The van der Waals surface area contributed by atoms with Crippen molar-refractivity contribution >= 4 is 34.8 Å². The van der Waals surface area contributed by atoms with Gasteiger partial charge in [-0.2, -0.15) is 0 Å². The van der Waals surface area contributed by atoms with E-state index in [4.69, 9.17) is 16.3 Å². The van der Waals surface area contributed by atoms with Crippen molar-refractivity contribution < 1.29 is 14.3 Å². The number of anilines is 2. The highest BCUT2D eigenvalue weighted by Gasteiger charge is 2.17. The van der Waals surface area contributed by atoms with Gasteiger partial charge in [0.05, 0.1) is 23.4 Å². The smallest absolute Gasteiger partial charge is 0.259 e. The molecule has 0 unspecified atom stereocenters. The van der Waals surface area contributed by atoms with Crippen LogP contribution in [-0.4, -0.2) is 18.9 Å². The number of halogens is 1. The molecule has 0 fully saturated rings. The molecule has 0 aliphatic carbocycles. The molecule has 5 nitrogen and oxygen atoms in total. The van der Waals surface area contributed by atoms with Crippen LogP contribution < -0.4 is 15.4 Å². The van der Waals surface area contributed by atoms with Gasteiger partial charge in [0, 0.05) is 18.7 Å². The molecule has 0 aromatic heterocycles. The highest BCUT2D eigenvalue weighted by Crippen LogP contribution is 2.31. The van der Waals surface area contributed by atoms with E-state index in [1.807, 2.05) is 31.2 Å². The van der Waals surface area contributed by atoms with Crippen molar-refractivity contribution in [3.8, 4) is 5.75 Å². The Hall–Kier alpha value is -2.53. The molecule has 2 aromatic rings. The molecule has 0 bridgehead atoms. The summed E-state index contributed by atoms with van der Waals surface area (Å²) < 4.78 is 5.24. The lowest BCUT2D eigenvalue weighted by Gasteiger charge is -2.14. The third kappa shape index (κ3) is 4.02. The lowest BCUT2D eigenvalue weighted by molar-refractivity contribution is -0.114. The normalized spacial score (nSPS) is 10.1. The van der Waals surface area contributed by atoms with E-state index in [1.165, 1.54) is 26.2 Å². The maximum atomic E-state index is 12.5. The monoisotopic (exact) mass is 332 g/mol. The molecule has 2 amide bonds. The average Bonchev–Trinajstić information content (AvgIpc) is 2.50.